The van der Waals surface area contributed by atoms with E-state index in [-0.39, 0.29) is 12.5 Å². The molecule has 8 nitrogen and oxygen atoms in total. The molecule has 1 aliphatic rings. The molecule has 0 saturated carbocycles. The summed E-state index contributed by atoms with van der Waals surface area (Å²) in [6.07, 6.45) is 4.10. The van der Waals surface area contributed by atoms with Crippen molar-refractivity contribution in [2.75, 3.05) is 19.7 Å². The summed E-state index contributed by atoms with van der Waals surface area (Å²) in [4.78, 5) is 39.4. The second-order valence-corrected chi connectivity index (χ2v) is 9.01. The molecule has 0 aromatic heterocycles. The molecule has 1 amide bonds. The standard InChI is InChI=1S/C27H37N3O5/c1-2-35-27(34)23(16-15-20-11-7-10-19-9-3-4-12-21(19)20)29-22(13-5-6-17-28)25(31)30-18-8-14-24(30)26(32)33/h3-4,7,9-12,22-24,29H,2,5-6,8,13-18,28H2,1H3,(H,32,33)/t22-,23?,24-/m0/s1. The van der Waals surface area contributed by atoms with Gasteiger partial charge in [0.05, 0.1) is 12.6 Å². The van der Waals surface area contributed by atoms with E-state index in [4.69, 9.17) is 10.5 Å². The van der Waals surface area contributed by atoms with E-state index in [0.717, 1.165) is 22.8 Å². The van der Waals surface area contributed by atoms with Gasteiger partial charge in [-0.3, -0.25) is 14.9 Å². The van der Waals surface area contributed by atoms with Crippen molar-refractivity contribution in [3.8, 4) is 0 Å². The number of hydrogen-bond acceptors (Lipinski definition) is 6. The predicted molar refractivity (Wildman–Crippen MR) is 135 cm³/mol. The SMILES string of the molecule is CCOC(=O)C(CCc1cccc2ccccc12)N[C@@H](CCCCN)C(=O)N1CCC[C@H]1C(=O)O. The number of amides is 1. The van der Waals surface area contributed by atoms with Gasteiger partial charge in [0.1, 0.15) is 12.1 Å². The number of carboxylic acid groups (broad SMARTS) is 1. The molecule has 8 heteroatoms. The average molecular weight is 484 g/mol. The zero-order valence-corrected chi connectivity index (χ0v) is 20.4. The number of rotatable bonds is 13. The van der Waals surface area contributed by atoms with E-state index in [9.17, 15) is 19.5 Å². The van der Waals surface area contributed by atoms with Crippen molar-refractivity contribution >= 4 is 28.6 Å². The molecule has 35 heavy (non-hydrogen) atoms. The number of unbranched alkanes of at least 4 members (excludes halogenated alkanes) is 1. The number of carboxylic acids is 1. The Morgan fingerprint density at radius 3 is 2.63 bits per heavy atom. The first kappa shape index (κ1) is 26.6. The Hall–Kier alpha value is -2.97. The van der Waals surface area contributed by atoms with Gasteiger partial charge in [-0.1, -0.05) is 48.9 Å². The van der Waals surface area contributed by atoms with Crippen LogP contribution in [0.5, 0.6) is 0 Å². The minimum Gasteiger partial charge on any atom is -0.480 e. The normalized spacial score (nSPS) is 17.3. The molecule has 2 aromatic rings. The fourth-order valence-corrected chi connectivity index (χ4v) is 4.82. The van der Waals surface area contributed by atoms with Crippen LogP contribution >= 0.6 is 0 Å². The van der Waals surface area contributed by atoms with Crippen molar-refractivity contribution in [3.05, 3.63) is 48.0 Å². The summed E-state index contributed by atoms with van der Waals surface area (Å²) in [5.74, 6) is -1.67. The number of ether oxygens (including phenoxy) is 1. The molecule has 3 atom stereocenters. The lowest BCUT2D eigenvalue weighted by atomic mass is 9.98. The molecule has 0 aliphatic carbocycles. The highest BCUT2D eigenvalue weighted by atomic mass is 16.5. The molecule has 4 N–H and O–H groups in total. The van der Waals surface area contributed by atoms with Crippen molar-refractivity contribution < 1.29 is 24.2 Å². The van der Waals surface area contributed by atoms with E-state index in [1.807, 2.05) is 18.2 Å². The van der Waals surface area contributed by atoms with Crippen molar-refractivity contribution in [1.29, 1.82) is 0 Å². The van der Waals surface area contributed by atoms with Crippen molar-refractivity contribution in [1.82, 2.24) is 10.2 Å². The number of fused-ring (bicyclic) bond motifs is 1. The summed E-state index contributed by atoms with van der Waals surface area (Å²) < 4.78 is 5.33. The van der Waals surface area contributed by atoms with Gasteiger partial charge >= 0.3 is 11.9 Å². The maximum atomic E-state index is 13.4. The van der Waals surface area contributed by atoms with Gasteiger partial charge in [0.2, 0.25) is 5.91 Å². The van der Waals surface area contributed by atoms with E-state index < -0.39 is 30.1 Å². The van der Waals surface area contributed by atoms with Gasteiger partial charge < -0.3 is 20.5 Å². The number of aliphatic carboxylic acids is 1. The van der Waals surface area contributed by atoms with Crippen molar-refractivity contribution in [2.45, 2.75) is 70.0 Å². The summed E-state index contributed by atoms with van der Waals surface area (Å²) in [6.45, 7) is 2.91. The van der Waals surface area contributed by atoms with Crippen LogP contribution in [0.3, 0.4) is 0 Å². The summed E-state index contributed by atoms with van der Waals surface area (Å²) in [5, 5.41) is 15.1. The molecule has 3 rings (SSSR count). The Labute approximate surface area is 206 Å². The third-order valence-corrected chi connectivity index (χ3v) is 6.62. The Kier molecular flexibility index (Phi) is 10.0. The molecular formula is C27H37N3O5. The lowest BCUT2D eigenvalue weighted by Gasteiger charge is -2.30. The highest BCUT2D eigenvalue weighted by molar-refractivity contribution is 5.88. The molecule has 0 bridgehead atoms. The van der Waals surface area contributed by atoms with E-state index >= 15 is 0 Å². The smallest absolute Gasteiger partial charge is 0.326 e. The number of nitrogens with one attached hydrogen (secondary N) is 1. The zero-order valence-electron chi connectivity index (χ0n) is 20.4. The largest absolute Gasteiger partial charge is 0.480 e. The van der Waals surface area contributed by atoms with Crippen LogP contribution in [0.2, 0.25) is 0 Å². The fraction of sp³-hybridized carbons (Fsp3) is 0.519. The first-order chi connectivity index (χ1) is 17.0. The Bertz CT molecular complexity index is 1010. The molecular weight excluding hydrogens is 446 g/mol. The zero-order chi connectivity index (χ0) is 25.2. The molecule has 1 unspecified atom stereocenters. The van der Waals surface area contributed by atoms with E-state index in [2.05, 4.69) is 29.6 Å². The highest BCUT2D eigenvalue weighted by Crippen LogP contribution is 2.22. The topological polar surface area (TPSA) is 122 Å². The molecule has 190 valence electrons. The molecule has 0 radical (unpaired) electrons. The minimum absolute atomic E-state index is 0.240. The monoisotopic (exact) mass is 483 g/mol. The minimum atomic E-state index is -0.991. The van der Waals surface area contributed by atoms with Crippen LogP contribution in [0.15, 0.2) is 42.5 Å². The number of benzene rings is 2. The summed E-state index contributed by atoms with van der Waals surface area (Å²) in [7, 11) is 0. The molecule has 0 spiro atoms. The Morgan fingerprint density at radius 2 is 1.89 bits per heavy atom. The number of carbonyl (C=O) groups is 3. The highest BCUT2D eigenvalue weighted by Gasteiger charge is 2.38. The first-order valence-corrected chi connectivity index (χ1v) is 12.6. The van der Waals surface area contributed by atoms with Gasteiger partial charge in [0.25, 0.3) is 0 Å². The number of nitrogens with zero attached hydrogens (tertiary/aromatic N) is 1. The second kappa shape index (κ2) is 13.2. The van der Waals surface area contributed by atoms with Gasteiger partial charge in [-0.25, -0.2) is 4.79 Å². The lowest BCUT2D eigenvalue weighted by Crippen LogP contribution is -2.54. The van der Waals surface area contributed by atoms with Crippen LogP contribution in [-0.4, -0.2) is 65.7 Å². The number of likely N-dealkylation sites (tertiary alicyclic amines) is 1. The van der Waals surface area contributed by atoms with Crippen LogP contribution in [0.1, 0.15) is 51.0 Å². The van der Waals surface area contributed by atoms with E-state index in [1.54, 1.807) is 6.92 Å². The number of carbonyl (C=O) groups excluding carboxylic acids is 2. The Balaban J connectivity index is 1.79. The molecule has 1 heterocycles. The van der Waals surface area contributed by atoms with Crippen LogP contribution < -0.4 is 11.1 Å². The molecule has 1 fully saturated rings. The number of aryl methyl sites for hydroxylation is 1. The predicted octanol–water partition coefficient (Wildman–Crippen LogP) is 2.87. The van der Waals surface area contributed by atoms with Crippen LogP contribution in [-0.2, 0) is 25.5 Å². The van der Waals surface area contributed by atoms with Gasteiger partial charge in [-0.05, 0) is 68.3 Å². The number of hydrogen-bond donors (Lipinski definition) is 3. The van der Waals surface area contributed by atoms with Crippen LogP contribution in [0, 0.1) is 0 Å². The maximum absolute atomic E-state index is 13.4. The van der Waals surface area contributed by atoms with Gasteiger partial charge in [-0.15, -0.1) is 0 Å². The van der Waals surface area contributed by atoms with Gasteiger partial charge in [0, 0.05) is 6.54 Å². The second-order valence-electron chi connectivity index (χ2n) is 9.01. The lowest BCUT2D eigenvalue weighted by molar-refractivity contribution is -0.150. The third-order valence-electron chi connectivity index (χ3n) is 6.62. The summed E-state index contributed by atoms with van der Waals surface area (Å²) in [5.41, 5.74) is 6.77. The average Bonchev–Trinajstić information content (AvgIpc) is 3.36. The summed E-state index contributed by atoms with van der Waals surface area (Å²) >= 11 is 0. The third kappa shape index (κ3) is 7.02. The quantitative estimate of drug-likeness (QED) is 0.296. The first-order valence-electron chi connectivity index (χ1n) is 12.6. The maximum Gasteiger partial charge on any atom is 0.326 e. The van der Waals surface area contributed by atoms with Gasteiger partial charge in [-0.2, -0.15) is 0 Å². The summed E-state index contributed by atoms with van der Waals surface area (Å²) in [6, 6.07) is 12.0. The molecule has 1 aliphatic heterocycles. The number of nitrogens with two attached hydrogens (primary N) is 1. The van der Waals surface area contributed by atoms with Crippen molar-refractivity contribution in [2.24, 2.45) is 5.73 Å². The molecule has 2 aromatic carbocycles. The Morgan fingerprint density at radius 1 is 1.11 bits per heavy atom. The van der Waals surface area contributed by atoms with E-state index in [0.29, 0.717) is 51.6 Å². The number of esters is 1. The van der Waals surface area contributed by atoms with Crippen molar-refractivity contribution in [3.63, 3.8) is 0 Å². The van der Waals surface area contributed by atoms with Gasteiger partial charge in [0.15, 0.2) is 0 Å². The molecule has 1 saturated heterocycles. The van der Waals surface area contributed by atoms with Crippen LogP contribution in [0.4, 0.5) is 0 Å². The van der Waals surface area contributed by atoms with Crippen LogP contribution in [0.25, 0.3) is 10.8 Å². The fourth-order valence-electron chi connectivity index (χ4n) is 4.82. The van der Waals surface area contributed by atoms with E-state index in [1.165, 1.54) is 4.90 Å².